The third kappa shape index (κ3) is 5.28. The van der Waals surface area contributed by atoms with Gasteiger partial charge in [-0.3, -0.25) is 0 Å². The molecular weight excluding hydrogens is 504 g/mol. The number of nitrogens with one attached hydrogen (secondary N) is 2. The maximum atomic E-state index is 12.5. The van der Waals surface area contributed by atoms with E-state index in [-0.39, 0.29) is 21.5 Å². The van der Waals surface area contributed by atoms with Crippen LogP contribution in [0.1, 0.15) is 6.42 Å². The molecule has 2 N–H and O–H groups in total. The Balaban J connectivity index is 1.46. The van der Waals surface area contributed by atoms with Gasteiger partial charge in [-0.1, -0.05) is 53.0 Å². The molecule has 12 heteroatoms. The van der Waals surface area contributed by atoms with Gasteiger partial charge in [-0.2, -0.15) is 9.61 Å². The van der Waals surface area contributed by atoms with E-state index >= 15 is 0 Å². The molecule has 7 nitrogen and oxygen atoms in total. The smallest absolute Gasteiger partial charge is 0.242 e. The molecule has 0 amide bonds. The van der Waals surface area contributed by atoms with Crippen LogP contribution in [0.3, 0.4) is 0 Å². The molecule has 2 radical (unpaired) electrons. The molecule has 0 bridgehead atoms. The summed E-state index contributed by atoms with van der Waals surface area (Å²) in [5, 5.41) is 8.48. The Kier molecular flexibility index (Phi) is 7.16. The van der Waals surface area contributed by atoms with Crippen molar-refractivity contribution in [3.8, 4) is 11.3 Å². The fourth-order valence-electron chi connectivity index (χ4n) is 3.18. The maximum Gasteiger partial charge on any atom is 0.242 e. The van der Waals surface area contributed by atoms with Gasteiger partial charge in [-0.05, 0) is 36.1 Å². The van der Waals surface area contributed by atoms with Crippen LogP contribution < -0.4 is 15.5 Å². The second kappa shape index (κ2) is 9.91. The summed E-state index contributed by atoms with van der Waals surface area (Å²) in [6, 6.07) is 13.5. The first-order valence-corrected chi connectivity index (χ1v) is 12.5. The van der Waals surface area contributed by atoms with Gasteiger partial charge < -0.3 is 5.32 Å². The van der Waals surface area contributed by atoms with E-state index in [0.717, 1.165) is 5.56 Å². The Hall–Kier alpha value is -2.30. The van der Waals surface area contributed by atoms with Gasteiger partial charge >= 0.3 is 0 Å². The fourth-order valence-corrected chi connectivity index (χ4v) is 5.25. The number of sulfonamides is 1. The number of hydrogen-bond acceptors (Lipinski definition) is 5. The molecule has 0 aliphatic heterocycles. The SMILES string of the molecule is [B]c1cnn2c(NCCCNS(=O)(=O)c3cc(Cl)ccc3Cl)cc(-c3ccccc3Cl)nc12. The van der Waals surface area contributed by atoms with Crippen molar-refractivity contribution in [2.24, 2.45) is 0 Å². The highest BCUT2D eigenvalue weighted by Gasteiger charge is 2.18. The van der Waals surface area contributed by atoms with Crippen molar-refractivity contribution in [3.05, 3.63) is 69.8 Å². The van der Waals surface area contributed by atoms with Crippen LogP contribution in [-0.2, 0) is 10.0 Å². The molecule has 0 saturated heterocycles. The number of hydrogen-bond donors (Lipinski definition) is 2. The highest BCUT2D eigenvalue weighted by Crippen LogP contribution is 2.28. The molecule has 0 fully saturated rings. The molecule has 2 aromatic carbocycles. The van der Waals surface area contributed by atoms with Gasteiger partial charge in [-0.15, -0.1) is 0 Å². The molecule has 168 valence electrons. The first-order chi connectivity index (χ1) is 15.8. The third-order valence-electron chi connectivity index (χ3n) is 4.78. The summed E-state index contributed by atoms with van der Waals surface area (Å²) < 4.78 is 29.2. The fraction of sp³-hybridized carbons (Fsp3) is 0.143. The van der Waals surface area contributed by atoms with Gasteiger partial charge in [0.05, 0.1) is 10.7 Å². The van der Waals surface area contributed by atoms with E-state index in [1.807, 2.05) is 24.3 Å². The molecule has 0 unspecified atom stereocenters. The summed E-state index contributed by atoms with van der Waals surface area (Å²) in [5.74, 6) is 0.646. The first-order valence-electron chi connectivity index (χ1n) is 9.84. The Morgan fingerprint density at radius 3 is 2.58 bits per heavy atom. The van der Waals surface area contributed by atoms with Gasteiger partial charge in [0.1, 0.15) is 18.6 Å². The molecule has 0 aliphatic carbocycles. The molecule has 0 aliphatic rings. The number of fused-ring (bicyclic) bond motifs is 1. The lowest BCUT2D eigenvalue weighted by molar-refractivity contribution is 0.580. The van der Waals surface area contributed by atoms with E-state index in [4.69, 9.17) is 42.6 Å². The van der Waals surface area contributed by atoms with Crippen molar-refractivity contribution in [2.75, 3.05) is 18.4 Å². The van der Waals surface area contributed by atoms with Crippen LogP contribution in [0.15, 0.2) is 59.6 Å². The molecule has 0 spiro atoms. The van der Waals surface area contributed by atoms with Crippen molar-refractivity contribution < 1.29 is 8.42 Å². The van der Waals surface area contributed by atoms with Crippen molar-refractivity contribution in [1.29, 1.82) is 0 Å². The second-order valence-electron chi connectivity index (χ2n) is 7.09. The minimum Gasteiger partial charge on any atom is -0.370 e. The van der Waals surface area contributed by atoms with Gasteiger partial charge in [0.25, 0.3) is 0 Å². The van der Waals surface area contributed by atoms with Crippen LogP contribution in [0.5, 0.6) is 0 Å². The van der Waals surface area contributed by atoms with Crippen LogP contribution in [-0.4, -0.2) is 44.0 Å². The van der Waals surface area contributed by atoms with Crippen LogP contribution in [0, 0.1) is 0 Å². The van der Waals surface area contributed by atoms with Crippen LogP contribution in [0.25, 0.3) is 16.9 Å². The van der Waals surface area contributed by atoms with E-state index in [9.17, 15) is 8.42 Å². The average Bonchev–Trinajstić information content (AvgIpc) is 3.16. The van der Waals surface area contributed by atoms with E-state index < -0.39 is 10.0 Å². The largest absolute Gasteiger partial charge is 0.370 e. The molecular formula is C21H17BCl3N5O2S. The van der Waals surface area contributed by atoms with Crippen LogP contribution in [0.2, 0.25) is 15.1 Å². The normalized spacial score (nSPS) is 11.7. The zero-order valence-electron chi connectivity index (χ0n) is 17.1. The number of anilines is 1. The number of aromatic nitrogens is 3. The second-order valence-corrected chi connectivity index (χ2v) is 10.1. The van der Waals surface area contributed by atoms with Crippen LogP contribution in [0.4, 0.5) is 5.82 Å². The minimum atomic E-state index is -3.79. The minimum absolute atomic E-state index is 0.0585. The van der Waals surface area contributed by atoms with E-state index in [1.54, 1.807) is 10.6 Å². The van der Waals surface area contributed by atoms with Crippen molar-refractivity contribution >= 4 is 69.6 Å². The van der Waals surface area contributed by atoms with E-state index in [0.29, 0.717) is 40.6 Å². The summed E-state index contributed by atoms with van der Waals surface area (Å²) in [6.07, 6.45) is 2.01. The zero-order chi connectivity index (χ0) is 23.6. The Morgan fingerprint density at radius 2 is 1.79 bits per heavy atom. The van der Waals surface area contributed by atoms with Crippen molar-refractivity contribution in [2.45, 2.75) is 11.3 Å². The molecule has 2 heterocycles. The Bertz CT molecular complexity index is 1430. The number of benzene rings is 2. The average molecular weight is 521 g/mol. The predicted molar refractivity (Wildman–Crippen MR) is 134 cm³/mol. The van der Waals surface area contributed by atoms with Gasteiger partial charge in [-0.25, -0.2) is 18.1 Å². The number of halogens is 3. The highest BCUT2D eigenvalue weighted by molar-refractivity contribution is 7.89. The highest BCUT2D eigenvalue weighted by atomic mass is 35.5. The van der Waals surface area contributed by atoms with E-state index in [2.05, 4.69) is 20.1 Å². The monoisotopic (exact) mass is 519 g/mol. The Labute approximate surface area is 207 Å². The standard InChI is InChI=1S/C21H17BCl3N5O2S/c22-15-12-27-30-20(11-18(29-21(15)30)14-4-1-2-5-16(14)24)26-8-3-9-28-33(31,32)19-10-13(23)6-7-17(19)25/h1-2,4-7,10-12,26,28H,3,8-9H2. The molecule has 2 aromatic heterocycles. The lowest BCUT2D eigenvalue weighted by atomic mass is 10.0. The summed E-state index contributed by atoms with van der Waals surface area (Å²) in [5.41, 5.74) is 2.32. The first kappa shape index (κ1) is 23.8. The molecule has 0 saturated carbocycles. The summed E-state index contributed by atoms with van der Waals surface area (Å²) in [4.78, 5) is 4.53. The zero-order valence-corrected chi connectivity index (χ0v) is 20.2. The lowest BCUT2D eigenvalue weighted by Gasteiger charge is -2.12. The summed E-state index contributed by atoms with van der Waals surface area (Å²) >= 11 is 18.2. The summed E-state index contributed by atoms with van der Waals surface area (Å²) in [7, 11) is 2.24. The molecule has 4 aromatic rings. The third-order valence-corrected chi connectivity index (χ3v) is 7.29. The van der Waals surface area contributed by atoms with Crippen LogP contribution >= 0.6 is 34.8 Å². The maximum absolute atomic E-state index is 12.5. The Morgan fingerprint density at radius 1 is 1.00 bits per heavy atom. The molecule has 0 atom stereocenters. The van der Waals surface area contributed by atoms with Gasteiger partial charge in [0, 0.05) is 41.0 Å². The molecule has 33 heavy (non-hydrogen) atoms. The topological polar surface area (TPSA) is 88.4 Å². The van der Waals surface area contributed by atoms with Gasteiger partial charge in [0.15, 0.2) is 5.65 Å². The predicted octanol–water partition coefficient (Wildman–Crippen LogP) is 3.93. The van der Waals surface area contributed by atoms with Crippen molar-refractivity contribution in [3.63, 3.8) is 0 Å². The summed E-state index contributed by atoms with van der Waals surface area (Å²) in [6.45, 7) is 0.637. The van der Waals surface area contributed by atoms with E-state index in [1.165, 1.54) is 24.4 Å². The van der Waals surface area contributed by atoms with Gasteiger partial charge in [0.2, 0.25) is 10.0 Å². The van der Waals surface area contributed by atoms with Crippen molar-refractivity contribution in [1.82, 2.24) is 19.3 Å². The number of nitrogens with zero attached hydrogens (tertiary/aromatic N) is 3. The molecule has 4 rings (SSSR count). The quantitative estimate of drug-likeness (QED) is 0.272. The number of rotatable bonds is 8. The lowest BCUT2D eigenvalue weighted by Crippen LogP contribution is -2.26.